The summed E-state index contributed by atoms with van der Waals surface area (Å²) in [6, 6.07) is 5.87. The standard InChI is InChI=1S/C20H16F3N5/c1-24-20(25-2)17-4-3-16(12-7-13(21)9-14(22)8-12)18(23)19(17)28-11-15-10-26-5-6-27-15/h3-11H,1-2H3,(H,24,25). The van der Waals surface area contributed by atoms with Crippen LogP contribution in [-0.2, 0) is 0 Å². The number of aliphatic imine (C=N–C) groups is 2. The van der Waals surface area contributed by atoms with Gasteiger partial charge in [0, 0.05) is 43.7 Å². The average molecular weight is 383 g/mol. The van der Waals surface area contributed by atoms with Crippen LogP contribution in [0.25, 0.3) is 11.1 Å². The third-order valence-corrected chi connectivity index (χ3v) is 3.91. The van der Waals surface area contributed by atoms with Crippen LogP contribution in [0.2, 0.25) is 0 Å². The van der Waals surface area contributed by atoms with Crippen LogP contribution in [0, 0.1) is 17.5 Å². The lowest BCUT2D eigenvalue weighted by atomic mass is 10.0. The SMILES string of the molecule is CN=C(NC)c1ccc(-c2cc(F)cc(F)c2)c(F)c1N=Cc1cnccn1. The molecule has 1 N–H and O–H groups in total. The van der Waals surface area contributed by atoms with Gasteiger partial charge in [0.25, 0.3) is 0 Å². The van der Waals surface area contributed by atoms with E-state index in [0.717, 1.165) is 18.2 Å². The number of hydrogen-bond donors (Lipinski definition) is 1. The number of nitrogens with one attached hydrogen (secondary N) is 1. The average Bonchev–Trinajstić information content (AvgIpc) is 2.68. The number of aromatic nitrogens is 2. The van der Waals surface area contributed by atoms with Crippen molar-refractivity contribution in [3.63, 3.8) is 0 Å². The van der Waals surface area contributed by atoms with E-state index in [-0.39, 0.29) is 16.8 Å². The van der Waals surface area contributed by atoms with E-state index in [0.29, 0.717) is 17.1 Å². The minimum atomic E-state index is -0.797. The van der Waals surface area contributed by atoms with E-state index in [2.05, 4.69) is 25.3 Å². The van der Waals surface area contributed by atoms with Crippen LogP contribution in [0.4, 0.5) is 18.9 Å². The highest BCUT2D eigenvalue weighted by Crippen LogP contribution is 2.33. The predicted molar refractivity (Wildman–Crippen MR) is 103 cm³/mol. The van der Waals surface area contributed by atoms with Crippen LogP contribution in [0.1, 0.15) is 11.3 Å². The summed E-state index contributed by atoms with van der Waals surface area (Å²) in [4.78, 5) is 16.3. The van der Waals surface area contributed by atoms with Crippen molar-refractivity contribution in [3.05, 3.63) is 77.6 Å². The van der Waals surface area contributed by atoms with Gasteiger partial charge in [-0.3, -0.25) is 20.0 Å². The summed E-state index contributed by atoms with van der Waals surface area (Å²) in [5.74, 6) is -1.93. The maximum Gasteiger partial charge on any atom is 0.157 e. The molecule has 0 radical (unpaired) electrons. The highest BCUT2D eigenvalue weighted by molar-refractivity contribution is 6.04. The third kappa shape index (κ3) is 4.06. The fourth-order valence-corrected chi connectivity index (χ4v) is 2.69. The van der Waals surface area contributed by atoms with E-state index in [1.807, 2.05) is 0 Å². The Hall–Kier alpha value is -3.55. The first-order valence-electron chi connectivity index (χ1n) is 8.27. The lowest BCUT2D eigenvalue weighted by molar-refractivity contribution is 0.583. The largest absolute Gasteiger partial charge is 0.373 e. The molecular weight excluding hydrogens is 367 g/mol. The summed E-state index contributed by atoms with van der Waals surface area (Å²) < 4.78 is 42.5. The molecule has 0 bridgehead atoms. The summed E-state index contributed by atoms with van der Waals surface area (Å²) >= 11 is 0. The topological polar surface area (TPSA) is 62.5 Å². The number of hydrogen-bond acceptors (Lipinski definition) is 4. The van der Waals surface area contributed by atoms with Crippen molar-refractivity contribution >= 4 is 17.7 Å². The summed E-state index contributed by atoms with van der Waals surface area (Å²) in [5.41, 5.74) is 0.859. The van der Waals surface area contributed by atoms with Crippen LogP contribution in [-0.4, -0.2) is 36.1 Å². The molecule has 0 atom stereocenters. The molecule has 142 valence electrons. The Morgan fingerprint density at radius 2 is 1.82 bits per heavy atom. The molecule has 0 aliphatic carbocycles. The minimum Gasteiger partial charge on any atom is -0.373 e. The molecule has 1 aromatic heterocycles. The molecule has 8 heteroatoms. The van der Waals surface area contributed by atoms with Crippen molar-refractivity contribution in [1.82, 2.24) is 15.3 Å². The molecule has 28 heavy (non-hydrogen) atoms. The summed E-state index contributed by atoms with van der Waals surface area (Å²) in [5, 5.41) is 2.87. The number of nitrogens with zero attached hydrogens (tertiary/aromatic N) is 4. The van der Waals surface area contributed by atoms with Gasteiger partial charge in [-0.1, -0.05) is 6.07 Å². The van der Waals surface area contributed by atoms with Gasteiger partial charge in [-0.25, -0.2) is 13.2 Å². The van der Waals surface area contributed by atoms with E-state index in [1.165, 1.54) is 30.9 Å². The van der Waals surface area contributed by atoms with E-state index in [4.69, 9.17) is 0 Å². The lowest BCUT2D eigenvalue weighted by Crippen LogP contribution is -2.20. The molecule has 3 rings (SSSR count). The number of halogens is 3. The predicted octanol–water partition coefficient (Wildman–Crippen LogP) is 3.91. The van der Waals surface area contributed by atoms with E-state index >= 15 is 4.39 Å². The van der Waals surface area contributed by atoms with Crippen molar-refractivity contribution in [2.24, 2.45) is 9.98 Å². The fourth-order valence-electron chi connectivity index (χ4n) is 2.69. The lowest BCUT2D eigenvalue weighted by Gasteiger charge is -2.13. The fraction of sp³-hybridized carbons (Fsp3) is 0.100. The molecule has 0 unspecified atom stereocenters. The highest BCUT2D eigenvalue weighted by Gasteiger charge is 2.18. The molecular formula is C20H16F3N5. The van der Waals surface area contributed by atoms with Crippen LogP contribution < -0.4 is 5.32 Å². The van der Waals surface area contributed by atoms with Gasteiger partial charge < -0.3 is 5.32 Å². The van der Waals surface area contributed by atoms with E-state index in [1.54, 1.807) is 20.2 Å². The first-order valence-corrected chi connectivity index (χ1v) is 8.27. The summed E-state index contributed by atoms with van der Waals surface area (Å²) in [6.45, 7) is 0. The second kappa shape index (κ2) is 8.43. The zero-order chi connectivity index (χ0) is 20.1. The molecule has 0 saturated carbocycles. The van der Waals surface area contributed by atoms with Crippen molar-refractivity contribution in [3.8, 4) is 11.1 Å². The van der Waals surface area contributed by atoms with Gasteiger partial charge in [0.15, 0.2) is 5.82 Å². The maximum absolute atomic E-state index is 15.3. The molecule has 0 amide bonds. The van der Waals surface area contributed by atoms with Crippen molar-refractivity contribution in [1.29, 1.82) is 0 Å². The Balaban J connectivity index is 2.19. The van der Waals surface area contributed by atoms with Crippen LogP contribution in [0.15, 0.2) is 58.9 Å². The van der Waals surface area contributed by atoms with Gasteiger partial charge in [-0.2, -0.15) is 0 Å². The Bertz CT molecular complexity index is 1030. The Labute approximate surface area is 159 Å². The smallest absolute Gasteiger partial charge is 0.157 e. The van der Waals surface area contributed by atoms with Crippen LogP contribution >= 0.6 is 0 Å². The molecule has 0 saturated heterocycles. The molecule has 3 aromatic rings. The van der Waals surface area contributed by atoms with Gasteiger partial charge >= 0.3 is 0 Å². The second-order valence-corrected chi connectivity index (χ2v) is 5.69. The Morgan fingerprint density at radius 1 is 1.07 bits per heavy atom. The molecule has 0 spiro atoms. The molecule has 1 heterocycles. The van der Waals surface area contributed by atoms with Crippen LogP contribution in [0.3, 0.4) is 0 Å². The normalized spacial score (nSPS) is 11.8. The Kier molecular flexibility index (Phi) is 5.78. The summed E-state index contributed by atoms with van der Waals surface area (Å²) in [6.07, 6.45) is 5.82. The molecule has 0 fully saturated rings. The summed E-state index contributed by atoms with van der Waals surface area (Å²) in [7, 11) is 3.20. The van der Waals surface area contributed by atoms with E-state index < -0.39 is 17.5 Å². The molecule has 0 aliphatic rings. The number of amidine groups is 1. The van der Waals surface area contributed by atoms with Gasteiger partial charge in [-0.05, 0) is 23.8 Å². The van der Waals surface area contributed by atoms with E-state index in [9.17, 15) is 8.78 Å². The third-order valence-electron chi connectivity index (χ3n) is 3.91. The van der Waals surface area contributed by atoms with Crippen molar-refractivity contribution < 1.29 is 13.2 Å². The maximum atomic E-state index is 15.3. The Morgan fingerprint density at radius 3 is 2.43 bits per heavy atom. The minimum absolute atomic E-state index is 0.0139. The highest BCUT2D eigenvalue weighted by atomic mass is 19.1. The number of rotatable bonds is 4. The zero-order valence-corrected chi connectivity index (χ0v) is 15.1. The quantitative estimate of drug-likeness (QED) is 0.549. The van der Waals surface area contributed by atoms with Gasteiger partial charge in [0.2, 0.25) is 0 Å². The monoisotopic (exact) mass is 383 g/mol. The zero-order valence-electron chi connectivity index (χ0n) is 15.1. The molecule has 5 nitrogen and oxygen atoms in total. The van der Waals surface area contributed by atoms with Crippen molar-refractivity contribution in [2.75, 3.05) is 14.1 Å². The first-order chi connectivity index (χ1) is 13.5. The van der Waals surface area contributed by atoms with Crippen LogP contribution in [0.5, 0.6) is 0 Å². The van der Waals surface area contributed by atoms with Gasteiger partial charge in [0.05, 0.1) is 18.1 Å². The molecule has 2 aromatic carbocycles. The van der Waals surface area contributed by atoms with Gasteiger partial charge in [0.1, 0.15) is 23.2 Å². The number of benzene rings is 2. The second-order valence-electron chi connectivity index (χ2n) is 5.69. The van der Waals surface area contributed by atoms with Gasteiger partial charge in [-0.15, -0.1) is 0 Å². The first kappa shape index (κ1) is 19.2. The molecule has 0 aliphatic heterocycles. The van der Waals surface area contributed by atoms with Crippen molar-refractivity contribution in [2.45, 2.75) is 0 Å².